The number of hydrogen-bond donors (Lipinski definition) is 1. The Labute approximate surface area is 130 Å². The Balaban J connectivity index is 1.51. The van der Waals surface area contributed by atoms with Gasteiger partial charge in [0.25, 0.3) is 0 Å². The average Bonchev–Trinajstić information content (AvgIpc) is 2.87. The van der Waals surface area contributed by atoms with Gasteiger partial charge in [-0.1, -0.05) is 11.3 Å². The molecule has 0 unspecified atom stereocenters. The molecule has 1 aromatic heterocycles. The Kier molecular flexibility index (Phi) is 4.73. The van der Waals surface area contributed by atoms with Crippen LogP contribution in [0.4, 0.5) is 5.13 Å². The van der Waals surface area contributed by atoms with Gasteiger partial charge in [0.15, 0.2) is 5.13 Å². The minimum atomic E-state index is 0.879. The zero-order valence-corrected chi connectivity index (χ0v) is 13.6. The fourth-order valence-electron chi connectivity index (χ4n) is 2.58. The molecule has 3 rings (SSSR count). The summed E-state index contributed by atoms with van der Waals surface area (Å²) in [5.74, 6) is 0. The molecular weight excluding hydrogens is 282 g/mol. The highest BCUT2D eigenvalue weighted by Gasteiger charge is 2.09. The number of aromatic nitrogens is 1. The maximum absolute atomic E-state index is 5.36. The van der Waals surface area contributed by atoms with Crippen molar-refractivity contribution < 1.29 is 4.74 Å². The van der Waals surface area contributed by atoms with E-state index >= 15 is 0 Å². The van der Waals surface area contributed by atoms with Crippen LogP contribution in [0.5, 0.6) is 0 Å². The number of ether oxygens (including phenoxy) is 1. The zero-order valence-electron chi connectivity index (χ0n) is 12.8. The van der Waals surface area contributed by atoms with Crippen molar-refractivity contribution in [2.24, 2.45) is 0 Å². The Morgan fingerprint density at radius 2 is 2.00 bits per heavy atom. The number of aryl methyl sites for hydroxylation is 2. The molecule has 4 nitrogen and oxygen atoms in total. The number of nitrogens with one attached hydrogen (secondary N) is 1. The Morgan fingerprint density at radius 3 is 2.81 bits per heavy atom. The average molecular weight is 305 g/mol. The summed E-state index contributed by atoms with van der Waals surface area (Å²) in [6.07, 6.45) is 1.15. The van der Waals surface area contributed by atoms with Gasteiger partial charge < -0.3 is 10.1 Å². The van der Waals surface area contributed by atoms with Gasteiger partial charge in [-0.2, -0.15) is 0 Å². The van der Waals surface area contributed by atoms with E-state index in [0.29, 0.717) is 0 Å². The maximum atomic E-state index is 5.36. The molecule has 114 valence electrons. The summed E-state index contributed by atoms with van der Waals surface area (Å²) in [6, 6.07) is 4.42. The molecule has 5 heteroatoms. The van der Waals surface area contributed by atoms with Crippen LogP contribution in [-0.4, -0.2) is 49.3 Å². The van der Waals surface area contributed by atoms with Crippen LogP contribution in [0.1, 0.15) is 17.5 Å². The van der Waals surface area contributed by atoms with Crippen LogP contribution < -0.4 is 5.32 Å². The molecule has 1 fully saturated rings. The Morgan fingerprint density at radius 1 is 1.24 bits per heavy atom. The third-order valence-corrected chi connectivity index (χ3v) is 5.01. The normalized spacial score (nSPS) is 16.5. The van der Waals surface area contributed by atoms with Crippen LogP contribution in [0, 0.1) is 13.8 Å². The Bertz CT molecular complexity index is 566. The van der Waals surface area contributed by atoms with E-state index in [1.807, 2.05) is 0 Å². The van der Waals surface area contributed by atoms with Gasteiger partial charge in [-0.25, -0.2) is 4.98 Å². The van der Waals surface area contributed by atoms with Crippen molar-refractivity contribution in [3.8, 4) is 0 Å². The summed E-state index contributed by atoms with van der Waals surface area (Å²) in [5.41, 5.74) is 3.76. The van der Waals surface area contributed by atoms with E-state index in [9.17, 15) is 0 Å². The molecule has 1 aliphatic heterocycles. The fourth-order valence-corrected chi connectivity index (χ4v) is 3.55. The summed E-state index contributed by atoms with van der Waals surface area (Å²) in [6.45, 7) is 10.3. The topological polar surface area (TPSA) is 37.4 Å². The van der Waals surface area contributed by atoms with Gasteiger partial charge in [0.2, 0.25) is 0 Å². The van der Waals surface area contributed by atoms with E-state index < -0.39 is 0 Å². The van der Waals surface area contributed by atoms with Gasteiger partial charge in [-0.15, -0.1) is 0 Å². The molecule has 21 heavy (non-hydrogen) atoms. The lowest BCUT2D eigenvalue weighted by molar-refractivity contribution is 0.0378. The number of thiazole rings is 1. The van der Waals surface area contributed by atoms with Crippen molar-refractivity contribution >= 4 is 26.7 Å². The largest absolute Gasteiger partial charge is 0.379 e. The number of fused-ring (bicyclic) bond motifs is 1. The van der Waals surface area contributed by atoms with Crippen LogP contribution in [0.25, 0.3) is 10.2 Å². The highest BCUT2D eigenvalue weighted by atomic mass is 32.1. The van der Waals surface area contributed by atoms with Gasteiger partial charge >= 0.3 is 0 Å². The van der Waals surface area contributed by atoms with Gasteiger partial charge in [-0.05, 0) is 50.1 Å². The van der Waals surface area contributed by atoms with Gasteiger partial charge in [0, 0.05) is 19.6 Å². The monoisotopic (exact) mass is 305 g/mol. The second kappa shape index (κ2) is 6.73. The highest BCUT2D eigenvalue weighted by molar-refractivity contribution is 7.22. The molecule has 1 aromatic carbocycles. The second-order valence-corrected chi connectivity index (χ2v) is 6.69. The van der Waals surface area contributed by atoms with E-state index in [4.69, 9.17) is 4.74 Å². The van der Waals surface area contributed by atoms with Crippen LogP contribution in [0.2, 0.25) is 0 Å². The van der Waals surface area contributed by atoms with Crippen LogP contribution in [0.3, 0.4) is 0 Å². The third kappa shape index (κ3) is 3.73. The quantitative estimate of drug-likeness (QED) is 0.862. The smallest absolute Gasteiger partial charge is 0.183 e. The first-order chi connectivity index (χ1) is 10.2. The van der Waals surface area contributed by atoms with E-state index in [1.54, 1.807) is 11.3 Å². The van der Waals surface area contributed by atoms with E-state index in [-0.39, 0.29) is 0 Å². The fraction of sp³-hybridized carbons (Fsp3) is 0.562. The number of nitrogens with zero attached hydrogens (tertiary/aromatic N) is 2. The van der Waals surface area contributed by atoms with Crippen molar-refractivity contribution in [1.82, 2.24) is 9.88 Å². The van der Waals surface area contributed by atoms with Crippen molar-refractivity contribution in [1.29, 1.82) is 0 Å². The number of anilines is 1. The molecule has 0 bridgehead atoms. The van der Waals surface area contributed by atoms with Crippen molar-refractivity contribution in [3.63, 3.8) is 0 Å². The Hall–Kier alpha value is -1.17. The molecule has 0 amide bonds. The lowest BCUT2D eigenvalue weighted by atomic mass is 10.1. The molecule has 0 atom stereocenters. The van der Waals surface area contributed by atoms with Crippen molar-refractivity contribution in [2.45, 2.75) is 20.3 Å². The first kappa shape index (κ1) is 14.8. The summed E-state index contributed by atoms with van der Waals surface area (Å²) in [5, 5.41) is 4.50. The summed E-state index contributed by atoms with van der Waals surface area (Å²) in [4.78, 5) is 7.14. The zero-order chi connectivity index (χ0) is 14.7. The SMILES string of the molecule is Cc1cc2nc(NCCCN3CCOCC3)sc2cc1C. The molecular formula is C16H23N3OS. The van der Waals surface area contributed by atoms with Gasteiger partial charge in [-0.3, -0.25) is 4.90 Å². The number of morpholine rings is 1. The van der Waals surface area contributed by atoms with Crippen LogP contribution in [-0.2, 0) is 4.74 Å². The van der Waals surface area contributed by atoms with Gasteiger partial charge in [0.05, 0.1) is 23.4 Å². The maximum Gasteiger partial charge on any atom is 0.183 e. The standard InChI is InChI=1S/C16H23N3OS/c1-12-10-14-15(11-13(12)2)21-16(18-14)17-4-3-5-19-6-8-20-9-7-19/h10-11H,3-9H2,1-2H3,(H,17,18). The van der Waals surface area contributed by atoms with E-state index in [0.717, 1.165) is 56.5 Å². The molecule has 0 saturated carbocycles. The first-order valence-corrected chi connectivity index (χ1v) is 8.46. The molecule has 0 radical (unpaired) electrons. The molecule has 2 heterocycles. The lowest BCUT2D eigenvalue weighted by Gasteiger charge is -2.26. The molecule has 1 aliphatic rings. The summed E-state index contributed by atoms with van der Waals surface area (Å²) in [7, 11) is 0. The van der Waals surface area contributed by atoms with Crippen LogP contribution >= 0.6 is 11.3 Å². The molecule has 1 saturated heterocycles. The second-order valence-electron chi connectivity index (χ2n) is 5.66. The van der Waals surface area contributed by atoms with Crippen LogP contribution in [0.15, 0.2) is 12.1 Å². The third-order valence-electron chi connectivity index (χ3n) is 4.03. The van der Waals surface area contributed by atoms with Crippen molar-refractivity contribution in [3.05, 3.63) is 23.3 Å². The minimum Gasteiger partial charge on any atom is -0.379 e. The van der Waals surface area contributed by atoms with Crippen molar-refractivity contribution in [2.75, 3.05) is 44.7 Å². The predicted molar refractivity (Wildman–Crippen MR) is 89.5 cm³/mol. The first-order valence-electron chi connectivity index (χ1n) is 7.64. The van der Waals surface area contributed by atoms with E-state index in [1.165, 1.54) is 15.8 Å². The van der Waals surface area contributed by atoms with E-state index in [2.05, 4.69) is 41.2 Å². The number of hydrogen-bond acceptors (Lipinski definition) is 5. The number of benzene rings is 1. The summed E-state index contributed by atoms with van der Waals surface area (Å²) < 4.78 is 6.63. The summed E-state index contributed by atoms with van der Waals surface area (Å²) >= 11 is 1.75. The number of rotatable bonds is 5. The molecule has 2 aromatic rings. The predicted octanol–water partition coefficient (Wildman–Crippen LogP) is 3.05. The van der Waals surface area contributed by atoms with Gasteiger partial charge in [0.1, 0.15) is 0 Å². The molecule has 0 aliphatic carbocycles. The minimum absolute atomic E-state index is 0.879. The molecule has 0 spiro atoms. The lowest BCUT2D eigenvalue weighted by Crippen LogP contribution is -2.37. The highest BCUT2D eigenvalue weighted by Crippen LogP contribution is 2.28. The molecule has 1 N–H and O–H groups in total.